The number of hydrogen-bond donors (Lipinski definition) is 0. The number of fused-ring (bicyclic) bond motifs is 1. The van der Waals surface area contributed by atoms with E-state index in [1.54, 1.807) is 26.1 Å². The van der Waals surface area contributed by atoms with Gasteiger partial charge >= 0.3 is 0 Å². The van der Waals surface area contributed by atoms with E-state index in [1.165, 1.54) is 16.8 Å². The molecule has 1 aromatic carbocycles. The van der Waals surface area contributed by atoms with E-state index in [0.717, 1.165) is 0 Å². The van der Waals surface area contributed by atoms with E-state index in [-0.39, 0.29) is 23.1 Å². The van der Waals surface area contributed by atoms with Gasteiger partial charge in [0.1, 0.15) is 7.05 Å². The van der Waals surface area contributed by atoms with Crippen molar-refractivity contribution in [1.82, 2.24) is 0 Å². The molecule has 1 aromatic heterocycles. The third kappa shape index (κ3) is 2.07. The Bertz CT molecular complexity index is 986. The van der Waals surface area contributed by atoms with Gasteiger partial charge in [-0.1, -0.05) is 6.07 Å². The van der Waals surface area contributed by atoms with Crippen LogP contribution in [0.1, 0.15) is 47.9 Å². The van der Waals surface area contributed by atoms with Gasteiger partial charge in [0.15, 0.2) is 6.20 Å². The van der Waals surface area contributed by atoms with Crippen molar-refractivity contribution in [2.45, 2.75) is 39.8 Å². The summed E-state index contributed by atoms with van der Waals surface area (Å²) in [6, 6.07) is 4.48. The summed E-state index contributed by atoms with van der Waals surface area (Å²) in [6.45, 7) is -3.49. The van der Waals surface area contributed by atoms with Crippen LogP contribution in [0, 0.1) is 20.6 Å². The molecule has 1 aliphatic rings. The molecule has 0 saturated heterocycles. The highest BCUT2D eigenvalue weighted by molar-refractivity contribution is 5.64. The normalized spacial score (nSPS) is 28.1. The maximum Gasteiger partial charge on any atom is 0.212 e. The van der Waals surface area contributed by atoms with Gasteiger partial charge in [0.2, 0.25) is 5.69 Å². The van der Waals surface area contributed by atoms with Crippen LogP contribution in [0.2, 0.25) is 0 Å². The van der Waals surface area contributed by atoms with Crippen LogP contribution in [-0.2, 0) is 19.8 Å². The third-order valence-electron chi connectivity index (χ3n) is 3.47. The molecule has 98 valence electrons. The fourth-order valence-corrected chi connectivity index (χ4v) is 2.43. The van der Waals surface area contributed by atoms with Crippen LogP contribution in [0.25, 0.3) is 11.3 Å². The molecular formula is C18H22N+. The van der Waals surface area contributed by atoms with E-state index < -0.39 is 26.4 Å². The lowest BCUT2D eigenvalue weighted by atomic mass is 9.97. The van der Waals surface area contributed by atoms with Crippen LogP contribution >= 0.6 is 0 Å². The van der Waals surface area contributed by atoms with Gasteiger partial charge in [-0.25, -0.2) is 4.57 Å². The number of aromatic nitrogens is 1. The second-order valence-electron chi connectivity index (χ2n) is 4.84. The molecule has 1 heteroatoms. The zero-order valence-electron chi connectivity index (χ0n) is 21.0. The molecule has 1 aliphatic carbocycles. The Hall–Kier alpha value is -1.63. The lowest BCUT2D eigenvalue weighted by molar-refractivity contribution is -0.660. The largest absolute Gasteiger partial charge is 0.212 e. The highest BCUT2D eigenvalue weighted by atomic mass is 14.9. The average molecular weight is 262 g/mol. The van der Waals surface area contributed by atoms with Crippen molar-refractivity contribution >= 4 is 0 Å². The summed E-state index contributed by atoms with van der Waals surface area (Å²) in [5.74, 6) is 0. The maximum absolute atomic E-state index is 8.22. The smallest absolute Gasteiger partial charge is 0.201 e. The Balaban J connectivity index is 2.31. The van der Waals surface area contributed by atoms with Crippen LogP contribution in [0.3, 0.4) is 0 Å². The Labute approximate surface area is 130 Å². The van der Waals surface area contributed by atoms with Crippen LogP contribution in [0.4, 0.5) is 0 Å². The number of rotatable bonds is 1. The second kappa shape index (κ2) is 4.48. The molecule has 0 saturated carbocycles. The van der Waals surface area contributed by atoms with Crippen molar-refractivity contribution in [3.05, 3.63) is 52.2 Å². The first-order valence-corrected chi connectivity index (χ1v) is 6.16. The molecule has 3 rings (SSSR count). The third-order valence-corrected chi connectivity index (χ3v) is 3.47. The predicted octanol–water partition coefficient (Wildman–Crippen LogP) is 3.59. The van der Waals surface area contributed by atoms with Gasteiger partial charge < -0.3 is 0 Å². The molecule has 0 fully saturated rings. The highest BCUT2D eigenvalue weighted by Gasteiger charge is 2.18. The standard InChI is InChI=1S/C18H22N/c1-12-9-18(19(4)11-14(12)3)17-10-16-7-5-6-15(16)8-13(17)2/h8-11H,5-7H2,1-4H3/q+1/i1D3,3D3,6D2,7D2. The molecular weight excluding hydrogens is 230 g/mol. The first-order valence-electron chi connectivity index (χ1n) is 11.2. The van der Waals surface area contributed by atoms with Crippen molar-refractivity contribution in [3.8, 4) is 11.3 Å². The molecule has 19 heavy (non-hydrogen) atoms. The van der Waals surface area contributed by atoms with E-state index in [1.807, 2.05) is 0 Å². The zero-order chi connectivity index (χ0) is 22.2. The lowest BCUT2D eigenvalue weighted by Gasteiger charge is -2.09. The quantitative estimate of drug-likeness (QED) is 0.692. The molecule has 0 radical (unpaired) electrons. The zero-order valence-corrected chi connectivity index (χ0v) is 11.0. The molecule has 0 unspecified atom stereocenters. The topological polar surface area (TPSA) is 3.88 Å². The summed E-state index contributed by atoms with van der Waals surface area (Å²) in [7, 11) is 1.61. The molecule has 0 bridgehead atoms. The lowest BCUT2D eigenvalue weighted by Crippen LogP contribution is -2.31. The van der Waals surface area contributed by atoms with Gasteiger partial charge in [-0.15, -0.1) is 0 Å². The first-order chi connectivity index (χ1) is 12.9. The Morgan fingerprint density at radius 2 is 1.79 bits per heavy atom. The fraction of sp³-hybridized carbons (Fsp3) is 0.389. The van der Waals surface area contributed by atoms with E-state index in [2.05, 4.69) is 0 Å². The summed E-state index contributed by atoms with van der Waals surface area (Å²) >= 11 is 0. The molecule has 2 aromatic rings. The first kappa shape index (κ1) is 5.40. The Morgan fingerprint density at radius 1 is 1.05 bits per heavy atom. The van der Waals surface area contributed by atoms with Gasteiger partial charge in [0, 0.05) is 30.9 Å². The molecule has 1 nitrogen and oxygen atoms in total. The van der Waals surface area contributed by atoms with E-state index in [4.69, 9.17) is 13.7 Å². The van der Waals surface area contributed by atoms with Crippen molar-refractivity contribution in [2.75, 3.05) is 0 Å². The van der Waals surface area contributed by atoms with Crippen molar-refractivity contribution in [3.63, 3.8) is 0 Å². The van der Waals surface area contributed by atoms with Crippen LogP contribution < -0.4 is 4.57 Å². The van der Waals surface area contributed by atoms with Gasteiger partial charge in [0.25, 0.3) is 0 Å². The van der Waals surface area contributed by atoms with Gasteiger partial charge in [-0.2, -0.15) is 0 Å². The number of hydrogen-bond acceptors (Lipinski definition) is 0. The van der Waals surface area contributed by atoms with E-state index >= 15 is 0 Å². The van der Waals surface area contributed by atoms with Gasteiger partial charge in [-0.3, -0.25) is 0 Å². The fourth-order valence-electron chi connectivity index (χ4n) is 2.43. The summed E-state index contributed by atoms with van der Waals surface area (Å²) in [6.07, 6.45) is -2.65. The van der Waals surface area contributed by atoms with Crippen molar-refractivity contribution < 1.29 is 18.3 Å². The average Bonchev–Trinajstić information content (AvgIpc) is 2.69. The van der Waals surface area contributed by atoms with Crippen LogP contribution in [0.5, 0.6) is 0 Å². The van der Waals surface area contributed by atoms with Crippen LogP contribution in [-0.4, -0.2) is 0 Å². The van der Waals surface area contributed by atoms with Gasteiger partial charge in [-0.05, 0) is 68.1 Å². The maximum atomic E-state index is 8.22. The highest BCUT2D eigenvalue weighted by Crippen LogP contribution is 2.30. The molecule has 1 heterocycles. The number of aryl methyl sites for hydroxylation is 6. The van der Waals surface area contributed by atoms with Crippen molar-refractivity contribution in [2.24, 2.45) is 7.05 Å². The Morgan fingerprint density at radius 3 is 2.53 bits per heavy atom. The van der Waals surface area contributed by atoms with Crippen LogP contribution in [0.15, 0.2) is 24.4 Å². The molecule has 0 atom stereocenters. The number of pyridine rings is 1. The number of benzene rings is 1. The minimum atomic E-state index is -2.64. The summed E-state index contributed by atoms with van der Waals surface area (Å²) < 4.78 is 80.6. The summed E-state index contributed by atoms with van der Waals surface area (Å²) in [5, 5.41) is 0. The van der Waals surface area contributed by atoms with E-state index in [0.29, 0.717) is 22.4 Å². The second-order valence-corrected chi connectivity index (χ2v) is 4.84. The monoisotopic (exact) mass is 262 g/mol. The molecule has 0 aliphatic heterocycles. The SMILES string of the molecule is [2H]C([2H])([2H])c1cc(-c2cc3c(cc2C)C([2H])([2H])CC3([2H])[2H])[n+](C)cc1C([2H])([2H])[2H]. The van der Waals surface area contributed by atoms with Gasteiger partial charge in [0.05, 0.1) is 0 Å². The molecule has 0 amide bonds. The minimum Gasteiger partial charge on any atom is -0.201 e. The Kier molecular flexibility index (Phi) is 1.27. The van der Waals surface area contributed by atoms with E-state index in [9.17, 15) is 0 Å². The summed E-state index contributed by atoms with van der Waals surface area (Å²) in [4.78, 5) is 0. The molecule has 0 N–H and O–H groups in total. The number of nitrogens with zero attached hydrogens (tertiary/aromatic N) is 1. The predicted molar refractivity (Wildman–Crippen MR) is 79.3 cm³/mol. The summed E-state index contributed by atoms with van der Waals surface area (Å²) in [5.41, 5.74) is 1.61. The minimum absolute atomic E-state index is 0.235. The van der Waals surface area contributed by atoms with Crippen molar-refractivity contribution in [1.29, 1.82) is 0 Å². The molecule has 0 spiro atoms.